The van der Waals surface area contributed by atoms with Crippen LogP contribution in [0.1, 0.15) is 60.8 Å². The molecule has 6 atom stereocenters. The van der Waals surface area contributed by atoms with Gasteiger partial charge in [0, 0.05) is 12.1 Å². The first-order valence-electron chi connectivity index (χ1n) is 12.9. The van der Waals surface area contributed by atoms with Gasteiger partial charge >= 0.3 is 5.97 Å². The lowest BCUT2D eigenvalue weighted by atomic mass is 9.74. The minimum Gasteiger partial charge on any atom is -0.465 e. The topological polar surface area (TPSA) is 96.4 Å². The van der Waals surface area contributed by atoms with E-state index in [1.165, 1.54) is 4.90 Å². The Morgan fingerprint density at radius 1 is 1.09 bits per heavy atom. The lowest BCUT2D eigenvalue weighted by Crippen LogP contribution is -2.61. The molecule has 0 aromatic rings. The third kappa shape index (κ3) is 4.02. The van der Waals surface area contributed by atoms with E-state index in [-0.39, 0.29) is 30.9 Å². The largest absolute Gasteiger partial charge is 0.465 e. The van der Waals surface area contributed by atoms with Gasteiger partial charge in [-0.15, -0.1) is 0 Å². The van der Waals surface area contributed by atoms with E-state index in [1.807, 2.05) is 65.8 Å². The van der Waals surface area contributed by atoms with E-state index in [9.17, 15) is 19.5 Å². The Morgan fingerprint density at radius 2 is 1.80 bits per heavy atom. The number of hydrogen-bond acceptors (Lipinski definition) is 6. The van der Waals surface area contributed by atoms with Crippen LogP contribution in [0.15, 0.2) is 24.3 Å². The molecule has 0 radical (unpaired) electrons. The summed E-state index contributed by atoms with van der Waals surface area (Å²) < 4.78 is 12.4. The fraction of sp³-hybridized carbons (Fsp3) is 0.741. The number of nitrogens with zero attached hydrogens (tertiary/aromatic N) is 2. The zero-order valence-corrected chi connectivity index (χ0v) is 21.8. The number of amides is 2. The van der Waals surface area contributed by atoms with Crippen LogP contribution in [0.4, 0.5) is 0 Å². The van der Waals surface area contributed by atoms with Crippen LogP contribution in [0, 0.1) is 17.8 Å². The van der Waals surface area contributed by atoms with Gasteiger partial charge in [0.25, 0.3) is 0 Å². The van der Waals surface area contributed by atoms with E-state index in [2.05, 4.69) is 0 Å². The number of carbonyl (C=O) groups excluding carboxylic acids is 3. The third-order valence-corrected chi connectivity index (χ3v) is 8.06. The summed E-state index contributed by atoms with van der Waals surface area (Å²) in [5.41, 5.74) is -2.94. The van der Waals surface area contributed by atoms with Gasteiger partial charge in [-0.2, -0.15) is 0 Å². The van der Waals surface area contributed by atoms with Crippen LogP contribution in [0.2, 0.25) is 0 Å². The van der Waals surface area contributed by atoms with Gasteiger partial charge in [0.05, 0.1) is 30.8 Å². The monoisotopic (exact) mass is 488 g/mol. The molecule has 0 aromatic heterocycles. The van der Waals surface area contributed by atoms with Gasteiger partial charge in [-0.25, -0.2) is 0 Å². The van der Waals surface area contributed by atoms with Crippen molar-refractivity contribution in [3.05, 3.63) is 24.3 Å². The van der Waals surface area contributed by atoms with Gasteiger partial charge < -0.3 is 24.4 Å². The predicted molar refractivity (Wildman–Crippen MR) is 130 cm³/mol. The summed E-state index contributed by atoms with van der Waals surface area (Å²) in [6.07, 6.45) is 10.1. The Kier molecular flexibility index (Phi) is 6.68. The molecule has 4 aliphatic rings. The summed E-state index contributed by atoms with van der Waals surface area (Å²) in [4.78, 5) is 45.2. The fourth-order valence-corrected chi connectivity index (χ4v) is 6.32. The van der Waals surface area contributed by atoms with Gasteiger partial charge in [-0.3, -0.25) is 14.4 Å². The normalized spacial score (nSPS) is 37.5. The summed E-state index contributed by atoms with van der Waals surface area (Å²) in [6, 6.07) is -1.58. The lowest BCUT2D eigenvalue weighted by Gasteiger charge is -2.43. The number of aliphatic hydroxyl groups excluding tert-OH is 1. The number of esters is 1. The van der Waals surface area contributed by atoms with Crippen molar-refractivity contribution >= 4 is 17.8 Å². The highest BCUT2D eigenvalue weighted by Gasteiger charge is 2.75. The highest BCUT2D eigenvalue weighted by atomic mass is 16.6. The Labute approximate surface area is 208 Å². The number of rotatable bonds is 3. The molecule has 1 unspecified atom stereocenters. The number of carbonyl (C=O) groups is 3. The summed E-state index contributed by atoms with van der Waals surface area (Å²) in [5.74, 6) is -2.98. The van der Waals surface area contributed by atoms with Crippen molar-refractivity contribution in [2.24, 2.45) is 17.8 Å². The van der Waals surface area contributed by atoms with Gasteiger partial charge in [-0.1, -0.05) is 38.2 Å². The van der Waals surface area contributed by atoms with E-state index in [0.29, 0.717) is 6.54 Å². The molecule has 4 aliphatic heterocycles. The SMILES string of the molecule is CC(C)[C@H](CO)N1C(=O)[C@@H]2[C@H]3C(=O)OCCCC/C=C\[C@@]3(C)O[C@@]23C=CCN(C(C)(C)C)C(=O)C13. The maximum absolute atomic E-state index is 14.3. The second-order valence-corrected chi connectivity index (χ2v) is 11.8. The number of cyclic esters (lactones) is 1. The molecule has 1 N–H and O–H groups in total. The van der Waals surface area contributed by atoms with Crippen molar-refractivity contribution in [3.63, 3.8) is 0 Å². The number of aliphatic hydroxyl groups is 1. The van der Waals surface area contributed by atoms with Gasteiger partial charge in [0.2, 0.25) is 11.8 Å². The molecule has 0 aliphatic carbocycles. The molecule has 0 bridgehead atoms. The molecule has 2 amide bonds. The molecule has 2 fully saturated rings. The molecular formula is C27H40N2O6. The van der Waals surface area contributed by atoms with Gasteiger partial charge in [0.15, 0.2) is 0 Å². The van der Waals surface area contributed by atoms with Crippen LogP contribution < -0.4 is 0 Å². The first-order chi connectivity index (χ1) is 16.4. The molecule has 35 heavy (non-hydrogen) atoms. The fourth-order valence-electron chi connectivity index (χ4n) is 6.32. The van der Waals surface area contributed by atoms with Gasteiger partial charge in [0.1, 0.15) is 17.6 Å². The smallest absolute Gasteiger partial charge is 0.313 e. The van der Waals surface area contributed by atoms with Crippen LogP contribution in [-0.2, 0) is 23.9 Å². The molecule has 0 saturated carbocycles. The molecule has 4 heterocycles. The van der Waals surface area contributed by atoms with E-state index in [4.69, 9.17) is 9.47 Å². The summed E-state index contributed by atoms with van der Waals surface area (Å²) in [6.45, 7) is 11.9. The van der Waals surface area contributed by atoms with Gasteiger partial charge in [-0.05, 0) is 52.9 Å². The molecule has 194 valence electrons. The third-order valence-electron chi connectivity index (χ3n) is 8.06. The maximum Gasteiger partial charge on any atom is 0.313 e. The van der Waals surface area contributed by atoms with Crippen LogP contribution in [0.25, 0.3) is 0 Å². The van der Waals surface area contributed by atoms with E-state index >= 15 is 0 Å². The highest BCUT2D eigenvalue weighted by Crippen LogP contribution is 2.57. The first-order valence-corrected chi connectivity index (χ1v) is 12.9. The Hall–Kier alpha value is -2.19. The quantitative estimate of drug-likeness (QED) is 0.484. The predicted octanol–water partition coefficient (Wildman–Crippen LogP) is 2.45. The zero-order chi connectivity index (χ0) is 25.8. The van der Waals surface area contributed by atoms with E-state index in [0.717, 1.165) is 19.3 Å². The Balaban J connectivity index is 1.93. The maximum atomic E-state index is 14.3. The average molecular weight is 489 g/mol. The molecule has 1 spiro atoms. The standard InChI is InChI=1S/C27H40N2O6/c1-17(2)18(16-30)29-21-23(32)28(25(3,4)5)14-11-13-27(21)19(22(29)31)20-24(33)34-15-10-8-7-9-12-26(20,6)35-27/h9,11-13,17-21,30H,7-8,10,14-16H2,1-6H3/b12-9-/t18-,19-,20-,21?,26+,27-/m0/s1. The number of hydrogen-bond donors (Lipinski definition) is 1. The molecular weight excluding hydrogens is 448 g/mol. The molecule has 4 rings (SSSR count). The van der Waals surface area contributed by atoms with Crippen molar-refractivity contribution in [1.82, 2.24) is 9.80 Å². The average Bonchev–Trinajstić information content (AvgIpc) is 3.08. The minimum atomic E-state index is -1.34. The molecule has 8 heteroatoms. The van der Waals surface area contributed by atoms with Crippen molar-refractivity contribution in [2.75, 3.05) is 19.8 Å². The highest BCUT2D eigenvalue weighted by molar-refractivity contribution is 5.99. The van der Waals surface area contributed by atoms with Crippen molar-refractivity contribution in [1.29, 1.82) is 0 Å². The number of likely N-dealkylation sites (tertiary alicyclic amines) is 1. The zero-order valence-electron chi connectivity index (χ0n) is 21.8. The summed E-state index contributed by atoms with van der Waals surface area (Å²) in [5, 5.41) is 10.3. The Morgan fingerprint density at radius 3 is 2.43 bits per heavy atom. The first kappa shape index (κ1) is 25.9. The van der Waals surface area contributed by atoms with Crippen LogP contribution in [-0.4, -0.2) is 81.3 Å². The summed E-state index contributed by atoms with van der Waals surface area (Å²) >= 11 is 0. The number of allylic oxidation sites excluding steroid dienone is 1. The second kappa shape index (κ2) is 9.04. The molecule has 8 nitrogen and oxygen atoms in total. The van der Waals surface area contributed by atoms with Crippen molar-refractivity contribution < 1.29 is 29.0 Å². The summed E-state index contributed by atoms with van der Waals surface area (Å²) in [7, 11) is 0. The van der Waals surface area contributed by atoms with Crippen LogP contribution in [0.5, 0.6) is 0 Å². The van der Waals surface area contributed by atoms with Crippen LogP contribution >= 0.6 is 0 Å². The van der Waals surface area contributed by atoms with Crippen molar-refractivity contribution in [3.8, 4) is 0 Å². The molecule has 2 saturated heterocycles. The van der Waals surface area contributed by atoms with E-state index < -0.39 is 46.6 Å². The second-order valence-electron chi connectivity index (χ2n) is 11.8. The minimum absolute atomic E-state index is 0.106. The van der Waals surface area contributed by atoms with E-state index in [1.54, 1.807) is 4.90 Å². The number of fused-ring (bicyclic) bond motifs is 2. The lowest BCUT2D eigenvalue weighted by molar-refractivity contribution is -0.163. The number of ether oxygens (including phenoxy) is 2. The van der Waals surface area contributed by atoms with Crippen LogP contribution in [0.3, 0.4) is 0 Å². The Bertz CT molecular complexity index is 936. The van der Waals surface area contributed by atoms with Crippen molar-refractivity contribution in [2.45, 2.75) is 89.6 Å². The molecule has 0 aromatic carbocycles.